The van der Waals surface area contributed by atoms with Gasteiger partial charge in [0.05, 0.1) is 12.7 Å². The molecule has 0 saturated carbocycles. The van der Waals surface area contributed by atoms with Gasteiger partial charge in [-0.25, -0.2) is 0 Å². The molecule has 112 valence electrons. The molecule has 2 N–H and O–H groups in total. The highest BCUT2D eigenvalue weighted by molar-refractivity contribution is 9.10. The molecule has 0 radical (unpaired) electrons. The van der Waals surface area contributed by atoms with Crippen molar-refractivity contribution in [3.05, 3.63) is 28.2 Å². The minimum Gasteiger partial charge on any atom is -0.494 e. The maximum Gasteiger partial charge on any atom is 0.124 e. The van der Waals surface area contributed by atoms with Crippen LogP contribution in [0.1, 0.15) is 50.6 Å². The van der Waals surface area contributed by atoms with Crippen molar-refractivity contribution in [1.82, 2.24) is 0 Å². The summed E-state index contributed by atoms with van der Waals surface area (Å²) in [4.78, 5) is 0. The summed E-state index contributed by atoms with van der Waals surface area (Å²) in [5.41, 5.74) is 7.44. The molecule has 0 bridgehead atoms. The third-order valence-corrected chi connectivity index (χ3v) is 4.24. The van der Waals surface area contributed by atoms with E-state index in [1.165, 1.54) is 19.3 Å². The molecule has 1 fully saturated rings. The van der Waals surface area contributed by atoms with Crippen LogP contribution in [0.25, 0.3) is 0 Å². The molecule has 4 heteroatoms. The van der Waals surface area contributed by atoms with Gasteiger partial charge in [-0.05, 0) is 57.2 Å². The molecule has 1 aromatic carbocycles. The fourth-order valence-corrected chi connectivity index (χ4v) is 3.03. The number of halogens is 1. The summed E-state index contributed by atoms with van der Waals surface area (Å²) in [5, 5.41) is 0. The first kappa shape index (κ1) is 15.8. The lowest BCUT2D eigenvalue weighted by Gasteiger charge is -2.24. The molecule has 1 aliphatic heterocycles. The Hall–Kier alpha value is -0.580. The number of ether oxygens (including phenoxy) is 2. The second kappa shape index (κ2) is 8.01. The standard InChI is InChI=1S/C16H24BrNO2/c1-2-19-16-9-6-12(17)11-14(16)15(18)8-7-13-5-3-4-10-20-13/h6,9,11,13,15H,2-5,7-8,10,18H2,1H3. The average Bonchev–Trinajstić information content (AvgIpc) is 2.48. The minimum absolute atomic E-state index is 0.000392. The van der Waals surface area contributed by atoms with Crippen LogP contribution in [0.4, 0.5) is 0 Å². The summed E-state index contributed by atoms with van der Waals surface area (Å²) in [6, 6.07) is 6.04. The molecule has 20 heavy (non-hydrogen) atoms. The lowest BCUT2D eigenvalue weighted by molar-refractivity contribution is 0.00909. The lowest BCUT2D eigenvalue weighted by atomic mass is 9.97. The Labute approximate surface area is 130 Å². The van der Waals surface area contributed by atoms with Gasteiger partial charge >= 0.3 is 0 Å². The second-order valence-corrected chi connectivity index (χ2v) is 6.20. The van der Waals surface area contributed by atoms with Crippen LogP contribution in [0.3, 0.4) is 0 Å². The van der Waals surface area contributed by atoms with Crippen LogP contribution in [0.5, 0.6) is 5.75 Å². The van der Waals surface area contributed by atoms with E-state index >= 15 is 0 Å². The van der Waals surface area contributed by atoms with Gasteiger partial charge in [0.15, 0.2) is 0 Å². The highest BCUT2D eigenvalue weighted by Gasteiger charge is 2.18. The number of benzene rings is 1. The SMILES string of the molecule is CCOc1ccc(Br)cc1C(N)CCC1CCCCO1. The Bertz CT molecular complexity index is 419. The van der Waals surface area contributed by atoms with Crippen LogP contribution in [0.2, 0.25) is 0 Å². The van der Waals surface area contributed by atoms with Gasteiger partial charge in [0.25, 0.3) is 0 Å². The zero-order valence-electron chi connectivity index (χ0n) is 12.1. The van der Waals surface area contributed by atoms with E-state index in [1.807, 2.05) is 19.1 Å². The van der Waals surface area contributed by atoms with Crippen molar-refractivity contribution in [2.24, 2.45) is 5.73 Å². The summed E-state index contributed by atoms with van der Waals surface area (Å²) in [6.07, 6.45) is 5.99. The fourth-order valence-electron chi connectivity index (χ4n) is 2.65. The summed E-state index contributed by atoms with van der Waals surface area (Å²) in [5.74, 6) is 0.896. The van der Waals surface area contributed by atoms with Gasteiger partial charge in [0.1, 0.15) is 5.75 Å². The van der Waals surface area contributed by atoms with Gasteiger partial charge < -0.3 is 15.2 Å². The predicted molar refractivity (Wildman–Crippen MR) is 85.1 cm³/mol. The number of hydrogen-bond donors (Lipinski definition) is 1. The predicted octanol–water partition coefficient (Wildman–Crippen LogP) is 4.20. The van der Waals surface area contributed by atoms with Gasteiger partial charge in [-0.1, -0.05) is 15.9 Å². The van der Waals surface area contributed by atoms with E-state index in [4.69, 9.17) is 15.2 Å². The van der Waals surface area contributed by atoms with E-state index in [9.17, 15) is 0 Å². The van der Waals surface area contributed by atoms with Gasteiger partial charge in [-0.15, -0.1) is 0 Å². The molecule has 0 amide bonds. The zero-order valence-corrected chi connectivity index (χ0v) is 13.7. The van der Waals surface area contributed by atoms with Crippen LogP contribution in [-0.4, -0.2) is 19.3 Å². The van der Waals surface area contributed by atoms with Gasteiger partial charge in [-0.3, -0.25) is 0 Å². The molecule has 2 atom stereocenters. The Morgan fingerprint density at radius 3 is 3.00 bits per heavy atom. The van der Waals surface area contributed by atoms with Crippen molar-refractivity contribution in [2.75, 3.05) is 13.2 Å². The number of hydrogen-bond acceptors (Lipinski definition) is 3. The van der Waals surface area contributed by atoms with E-state index in [0.717, 1.165) is 35.2 Å². The molecule has 2 unspecified atom stereocenters. The van der Waals surface area contributed by atoms with E-state index < -0.39 is 0 Å². The molecule has 2 rings (SSSR count). The van der Waals surface area contributed by atoms with Crippen molar-refractivity contribution in [2.45, 2.75) is 51.2 Å². The normalized spacial score (nSPS) is 20.6. The number of rotatable bonds is 6. The average molecular weight is 342 g/mol. The molecule has 1 aliphatic rings. The third kappa shape index (κ3) is 4.47. The van der Waals surface area contributed by atoms with E-state index in [0.29, 0.717) is 12.7 Å². The van der Waals surface area contributed by atoms with Crippen molar-refractivity contribution in [3.63, 3.8) is 0 Å². The maximum atomic E-state index is 6.36. The van der Waals surface area contributed by atoms with Crippen molar-refractivity contribution in [3.8, 4) is 5.75 Å². The van der Waals surface area contributed by atoms with E-state index in [1.54, 1.807) is 0 Å². The molecule has 1 heterocycles. The largest absolute Gasteiger partial charge is 0.494 e. The van der Waals surface area contributed by atoms with Crippen LogP contribution in [0, 0.1) is 0 Å². The Balaban J connectivity index is 1.96. The molecule has 1 saturated heterocycles. The Morgan fingerprint density at radius 2 is 2.30 bits per heavy atom. The Morgan fingerprint density at radius 1 is 1.45 bits per heavy atom. The fraction of sp³-hybridized carbons (Fsp3) is 0.625. The summed E-state index contributed by atoms with van der Waals surface area (Å²) >= 11 is 3.51. The van der Waals surface area contributed by atoms with Crippen molar-refractivity contribution < 1.29 is 9.47 Å². The van der Waals surface area contributed by atoms with Crippen molar-refractivity contribution >= 4 is 15.9 Å². The molecule has 3 nitrogen and oxygen atoms in total. The topological polar surface area (TPSA) is 44.5 Å². The number of nitrogens with two attached hydrogens (primary N) is 1. The lowest BCUT2D eigenvalue weighted by Crippen LogP contribution is -2.21. The second-order valence-electron chi connectivity index (χ2n) is 5.29. The van der Waals surface area contributed by atoms with E-state index in [2.05, 4.69) is 22.0 Å². The quantitative estimate of drug-likeness (QED) is 0.843. The first-order valence-corrected chi connectivity index (χ1v) is 8.29. The summed E-state index contributed by atoms with van der Waals surface area (Å²) in [6.45, 7) is 3.56. The van der Waals surface area contributed by atoms with Crippen LogP contribution in [0.15, 0.2) is 22.7 Å². The van der Waals surface area contributed by atoms with Crippen molar-refractivity contribution in [1.29, 1.82) is 0 Å². The first-order chi connectivity index (χ1) is 9.70. The molecule has 0 aromatic heterocycles. The molecule has 0 aliphatic carbocycles. The summed E-state index contributed by atoms with van der Waals surface area (Å²) < 4.78 is 12.5. The molecular formula is C16H24BrNO2. The minimum atomic E-state index is -0.000392. The van der Waals surface area contributed by atoms with Crippen LogP contribution in [-0.2, 0) is 4.74 Å². The summed E-state index contributed by atoms with van der Waals surface area (Å²) in [7, 11) is 0. The molecular weight excluding hydrogens is 318 g/mol. The molecule has 1 aromatic rings. The Kier molecular flexibility index (Phi) is 6.33. The zero-order chi connectivity index (χ0) is 14.4. The highest BCUT2D eigenvalue weighted by Crippen LogP contribution is 2.31. The van der Waals surface area contributed by atoms with Gasteiger partial charge in [0, 0.05) is 22.7 Å². The smallest absolute Gasteiger partial charge is 0.124 e. The van der Waals surface area contributed by atoms with Gasteiger partial charge in [-0.2, -0.15) is 0 Å². The third-order valence-electron chi connectivity index (χ3n) is 3.74. The van der Waals surface area contributed by atoms with Crippen LogP contribution >= 0.6 is 15.9 Å². The molecule has 0 spiro atoms. The monoisotopic (exact) mass is 341 g/mol. The van der Waals surface area contributed by atoms with Crippen LogP contribution < -0.4 is 10.5 Å². The van der Waals surface area contributed by atoms with E-state index in [-0.39, 0.29) is 6.04 Å². The highest BCUT2D eigenvalue weighted by atomic mass is 79.9. The maximum absolute atomic E-state index is 6.36. The first-order valence-electron chi connectivity index (χ1n) is 7.50. The van der Waals surface area contributed by atoms with Gasteiger partial charge in [0.2, 0.25) is 0 Å².